The molecule has 27 heavy (non-hydrogen) atoms. The number of rotatable bonds is 8. The molecule has 4 heteroatoms. The number of benzene rings is 2. The van der Waals surface area contributed by atoms with Gasteiger partial charge in [-0.3, -0.25) is 4.72 Å². The van der Waals surface area contributed by atoms with Crippen LogP contribution >= 0.6 is 12.1 Å². The van der Waals surface area contributed by atoms with Crippen LogP contribution in [0.5, 0.6) is 0 Å². The Morgan fingerprint density at radius 3 is 2.56 bits per heavy atom. The maximum absolute atomic E-state index is 3.42. The summed E-state index contributed by atoms with van der Waals surface area (Å²) in [5.41, 5.74) is 6.66. The lowest BCUT2D eigenvalue weighted by Crippen LogP contribution is -2.15. The van der Waals surface area contributed by atoms with Crippen molar-refractivity contribution in [1.29, 1.82) is 0 Å². The Bertz CT molecular complexity index is 896. The van der Waals surface area contributed by atoms with Gasteiger partial charge in [-0.05, 0) is 56.1 Å². The van der Waals surface area contributed by atoms with E-state index < -0.39 is 0 Å². The Hall–Kier alpha value is -1.75. The fourth-order valence-corrected chi connectivity index (χ4v) is 3.93. The van der Waals surface area contributed by atoms with Gasteiger partial charge < -0.3 is 4.57 Å². The fraction of sp³-hybridized carbons (Fsp3) is 0.391. The summed E-state index contributed by atoms with van der Waals surface area (Å²) < 4.78 is 7.94. The van der Waals surface area contributed by atoms with Crippen molar-refractivity contribution in [1.82, 2.24) is 13.6 Å². The highest BCUT2D eigenvalue weighted by atomic mass is 32.2. The van der Waals surface area contributed by atoms with Gasteiger partial charge in [0.2, 0.25) is 0 Å². The highest BCUT2D eigenvalue weighted by molar-refractivity contribution is 7.95. The first-order valence-corrected chi connectivity index (χ1v) is 10.5. The molecule has 0 unspecified atom stereocenters. The maximum atomic E-state index is 3.42. The summed E-state index contributed by atoms with van der Waals surface area (Å²) in [6.07, 6.45) is 3.39. The second kappa shape index (κ2) is 8.96. The van der Waals surface area contributed by atoms with Crippen LogP contribution in [0.3, 0.4) is 0 Å². The highest BCUT2D eigenvalue weighted by Gasteiger charge is 2.11. The van der Waals surface area contributed by atoms with Crippen LogP contribution in [0.25, 0.3) is 22.0 Å². The van der Waals surface area contributed by atoms with Crippen molar-refractivity contribution >= 4 is 23.0 Å². The summed E-state index contributed by atoms with van der Waals surface area (Å²) in [5, 5.41) is 1.38. The molecule has 0 atom stereocenters. The summed E-state index contributed by atoms with van der Waals surface area (Å²) in [6, 6.07) is 15.7. The largest absolute Gasteiger partial charge is 0.347 e. The Morgan fingerprint density at radius 1 is 1.07 bits per heavy atom. The molecule has 3 aromatic rings. The summed E-state index contributed by atoms with van der Waals surface area (Å²) in [4.78, 5) is 0. The van der Waals surface area contributed by atoms with Crippen LogP contribution in [-0.2, 0) is 13.0 Å². The Labute approximate surface area is 168 Å². The van der Waals surface area contributed by atoms with E-state index in [2.05, 4.69) is 97.1 Å². The van der Waals surface area contributed by atoms with Crippen LogP contribution in [0.1, 0.15) is 25.0 Å². The lowest BCUT2D eigenvalue weighted by atomic mass is 10.0. The Morgan fingerprint density at radius 2 is 1.85 bits per heavy atom. The van der Waals surface area contributed by atoms with Crippen molar-refractivity contribution in [2.24, 2.45) is 5.92 Å². The van der Waals surface area contributed by atoms with Crippen LogP contribution in [0.4, 0.5) is 0 Å². The quantitative estimate of drug-likeness (QED) is 0.409. The van der Waals surface area contributed by atoms with Gasteiger partial charge in [0.15, 0.2) is 0 Å². The molecule has 0 aliphatic rings. The van der Waals surface area contributed by atoms with E-state index in [0.29, 0.717) is 5.92 Å². The summed E-state index contributed by atoms with van der Waals surface area (Å²) >= 11 is 1.65. The molecule has 0 radical (unpaired) electrons. The van der Waals surface area contributed by atoms with Gasteiger partial charge in [0.05, 0.1) is 0 Å². The normalized spacial score (nSPS) is 11.8. The summed E-state index contributed by atoms with van der Waals surface area (Å²) in [6.45, 7) is 8.73. The number of aromatic nitrogens is 1. The zero-order valence-electron chi connectivity index (χ0n) is 17.1. The third-order valence-electron chi connectivity index (χ3n) is 4.62. The lowest BCUT2D eigenvalue weighted by Gasteiger charge is -2.10. The lowest BCUT2D eigenvalue weighted by molar-refractivity contribution is 0.534. The van der Waals surface area contributed by atoms with Crippen LogP contribution in [0.15, 0.2) is 48.7 Å². The molecule has 0 aliphatic heterocycles. The molecule has 3 rings (SSSR count). The van der Waals surface area contributed by atoms with Gasteiger partial charge in [-0.1, -0.05) is 55.8 Å². The van der Waals surface area contributed by atoms with E-state index in [0.717, 1.165) is 19.5 Å². The van der Waals surface area contributed by atoms with Gasteiger partial charge in [0.25, 0.3) is 0 Å². The summed E-state index contributed by atoms with van der Waals surface area (Å²) in [5.74, 6) is 0.624. The topological polar surface area (TPSA) is 20.2 Å². The first-order chi connectivity index (χ1) is 12.9. The predicted molar refractivity (Wildman–Crippen MR) is 120 cm³/mol. The second-order valence-corrected chi connectivity index (χ2v) is 9.05. The maximum Gasteiger partial charge on any atom is 0.0489 e. The number of nitrogens with one attached hydrogen (secondary N) is 1. The average Bonchev–Trinajstić information content (AvgIpc) is 2.95. The molecule has 2 aromatic carbocycles. The average molecular weight is 382 g/mol. The van der Waals surface area contributed by atoms with Gasteiger partial charge in [0, 0.05) is 42.3 Å². The van der Waals surface area contributed by atoms with Crippen LogP contribution in [0, 0.1) is 12.8 Å². The molecule has 3 nitrogen and oxygen atoms in total. The smallest absolute Gasteiger partial charge is 0.0489 e. The Balaban J connectivity index is 1.93. The van der Waals surface area contributed by atoms with Crippen LogP contribution < -0.4 is 4.72 Å². The number of nitrogens with zero attached hydrogens (tertiary/aromatic N) is 2. The fourth-order valence-electron chi connectivity index (χ4n) is 3.48. The minimum absolute atomic E-state index is 0.624. The number of fused-ring (bicyclic) bond motifs is 1. The standard InChI is InChI=1S/C23H31N3S/c1-17(2)15-26-16-21(11-12-24-27-25(4)5)22-10-9-20(14-23(22)26)19-8-6-7-18(3)13-19/h6-10,13-14,16-17,24H,11-12,15H2,1-5H3. The third kappa shape index (κ3) is 5.16. The van der Waals surface area contributed by atoms with Crippen LogP contribution in [-0.4, -0.2) is 29.5 Å². The van der Waals surface area contributed by atoms with E-state index in [-0.39, 0.29) is 0 Å². The van der Waals surface area contributed by atoms with E-state index in [1.54, 1.807) is 12.1 Å². The van der Waals surface area contributed by atoms with Gasteiger partial charge in [-0.25, -0.2) is 4.31 Å². The van der Waals surface area contributed by atoms with Crippen molar-refractivity contribution < 1.29 is 0 Å². The Kier molecular flexibility index (Phi) is 6.64. The minimum atomic E-state index is 0.624. The number of aryl methyl sites for hydroxylation is 1. The molecule has 0 amide bonds. The second-order valence-electron chi connectivity index (χ2n) is 7.85. The summed E-state index contributed by atoms with van der Waals surface area (Å²) in [7, 11) is 4.11. The van der Waals surface area contributed by atoms with Crippen molar-refractivity contribution in [3.8, 4) is 11.1 Å². The molecule has 0 fully saturated rings. The first-order valence-electron chi connectivity index (χ1n) is 9.70. The van der Waals surface area contributed by atoms with Gasteiger partial charge in [0.1, 0.15) is 0 Å². The number of hydrogen-bond donors (Lipinski definition) is 1. The molecule has 0 spiro atoms. The zero-order valence-corrected chi connectivity index (χ0v) is 17.9. The highest BCUT2D eigenvalue weighted by Crippen LogP contribution is 2.29. The van der Waals surface area contributed by atoms with E-state index >= 15 is 0 Å². The van der Waals surface area contributed by atoms with Crippen LogP contribution in [0.2, 0.25) is 0 Å². The third-order valence-corrected chi connectivity index (χ3v) is 5.32. The molecule has 1 N–H and O–H groups in total. The first kappa shape index (κ1) is 20.0. The zero-order chi connectivity index (χ0) is 19.4. The van der Waals surface area contributed by atoms with E-state index in [4.69, 9.17) is 0 Å². The van der Waals surface area contributed by atoms with Crippen molar-refractivity contribution in [2.45, 2.75) is 33.7 Å². The predicted octanol–water partition coefficient (Wildman–Crippen LogP) is 5.53. The number of hydrogen-bond acceptors (Lipinski definition) is 3. The van der Waals surface area contributed by atoms with Gasteiger partial charge >= 0.3 is 0 Å². The van der Waals surface area contributed by atoms with Crippen molar-refractivity contribution in [3.05, 3.63) is 59.8 Å². The molecule has 0 saturated heterocycles. The SMILES string of the molecule is Cc1cccc(-c2ccc3c(CCNSN(C)C)cn(CC(C)C)c3c2)c1. The molecular weight excluding hydrogens is 350 g/mol. The molecule has 0 bridgehead atoms. The molecule has 0 saturated carbocycles. The minimum Gasteiger partial charge on any atom is -0.347 e. The molecular formula is C23H31N3S. The molecule has 0 aliphatic carbocycles. The van der Waals surface area contributed by atoms with Gasteiger partial charge in [-0.15, -0.1) is 0 Å². The van der Waals surface area contributed by atoms with E-state index in [9.17, 15) is 0 Å². The van der Waals surface area contributed by atoms with Crippen molar-refractivity contribution in [3.63, 3.8) is 0 Å². The molecule has 1 aromatic heterocycles. The van der Waals surface area contributed by atoms with Gasteiger partial charge in [-0.2, -0.15) is 0 Å². The van der Waals surface area contributed by atoms with Crippen molar-refractivity contribution in [2.75, 3.05) is 20.6 Å². The molecule has 1 heterocycles. The van der Waals surface area contributed by atoms with E-state index in [1.807, 2.05) is 0 Å². The van der Waals surface area contributed by atoms with E-state index in [1.165, 1.54) is 33.2 Å². The molecule has 144 valence electrons. The monoisotopic (exact) mass is 381 g/mol.